The molecule has 0 heterocycles. The van der Waals surface area contributed by atoms with E-state index in [9.17, 15) is 0 Å². The first-order valence-electron chi connectivity index (χ1n) is 7.69. The van der Waals surface area contributed by atoms with Crippen molar-refractivity contribution >= 4 is 0 Å². The van der Waals surface area contributed by atoms with Gasteiger partial charge in [-0.15, -0.1) is 0 Å². The maximum absolute atomic E-state index is 6.32. The summed E-state index contributed by atoms with van der Waals surface area (Å²) in [4.78, 5) is 0. The van der Waals surface area contributed by atoms with Gasteiger partial charge in [0, 0.05) is 13.2 Å². The van der Waals surface area contributed by atoms with E-state index in [0.717, 1.165) is 25.6 Å². The van der Waals surface area contributed by atoms with E-state index in [1.165, 1.54) is 57.8 Å². The molecule has 0 unspecified atom stereocenters. The highest BCUT2D eigenvalue weighted by atomic mass is 16.5. The number of hydrogen-bond acceptors (Lipinski definition) is 2. The van der Waals surface area contributed by atoms with Crippen LogP contribution in [-0.2, 0) is 4.74 Å². The van der Waals surface area contributed by atoms with Gasteiger partial charge in [-0.1, -0.05) is 45.4 Å². The third kappa shape index (κ3) is 3.96. The minimum absolute atomic E-state index is 0.179. The minimum Gasteiger partial charge on any atom is -0.374 e. The van der Waals surface area contributed by atoms with Gasteiger partial charge in [-0.05, 0) is 31.7 Å². The molecule has 0 aromatic heterocycles. The lowest BCUT2D eigenvalue weighted by Crippen LogP contribution is -2.45. The Balaban J connectivity index is 1.72. The van der Waals surface area contributed by atoms with Crippen LogP contribution in [0.15, 0.2) is 0 Å². The van der Waals surface area contributed by atoms with E-state index < -0.39 is 0 Å². The van der Waals surface area contributed by atoms with Crippen LogP contribution >= 0.6 is 0 Å². The van der Waals surface area contributed by atoms with E-state index in [0.29, 0.717) is 0 Å². The van der Waals surface area contributed by atoms with Crippen LogP contribution in [-0.4, -0.2) is 25.3 Å². The van der Waals surface area contributed by atoms with Crippen molar-refractivity contribution in [3.05, 3.63) is 0 Å². The summed E-state index contributed by atoms with van der Waals surface area (Å²) >= 11 is 0. The van der Waals surface area contributed by atoms with Gasteiger partial charge in [0.1, 0.15) is 0 Å². The number of hydrogen-bond donors (Lipinski definition) is 1. The lowest BCUT2D eigenvalue weighted by atomic mass is 9.82. The zero-order valence-electron chi connectivity index (χ0n) is 11.5. The summed E-state index contributed by atoms with van der Waals surface area (Å²) in [6.45, 7) is 5.31. The first-order valence-corrected chi connectivity index (χ1v) is 7.69. The Kier molecular flexibility index (Phi) is 5.30. The summed E-state index contributed by atoms with van der Waals surface area (Å²) in [5.41, 5.74) is 0.179. The van der Waals surface area contributed by atoms with Crippen LogP contribution in [0.4, 0.5) is 0 Å². The van der Waals surface area contributed by atoms with E-state index >= 15 is 0 Å². The molecule has 0 atom stereocenters. The number of ether oxygens (including phenoxy) is 1. The molecule has 0 saturated heterocycles. The monoisotopic (exact) mass is 239 g/mol. The topological polar surface area (TPSA) is 21.3 Å². The fraction of sp³-hybridized carbons (Fsp3) is 1.00. The van der Waals surface area contributed by atoms with Gasteiger partial charge in [-0.2, -0.15) is 0 Å². The van der Waals surface area contributed by atoms with Gasteiger partial charge >= 0.3 is 0 Å². The third-order valence-corrected chi connectivity index (χ3v) is 4.62. The molecule has 2 fully saturated rings. The van der Waals surface area contributed by atoms with Gasteiger partial charge in [0.15, 0.2) is 0 Å². The van der Waals surface area contributed by atoms with Crippen LogP contribution in [0.1, 0.15) is 64.7 Å². The zero-order chi connectivity index (χ0) is 12.0. The van der Waals surface area contributed by atoms with Crippen molar-refractivity contribution in [3.63, 3.8) is 0 Å². The van der Waals surface area contributed by atoms with E-state index in [-0.39, 0.29) is 5.60 Å². The summed E-state index contributed by atoms with van der Waals surface area (Å²) in [5, 5.41) is 3.50. The molecule has 0 radical (unpaired) electrons. The molecular formula is C15H29NO. The molecule has 1 N–H and O–H groups in total. The molecule has 100 valence electrons. The quantitative estimate of drug-likeness (QED) is 0.734. The molecule has 17 heavy (non-hydrogen) atoms. The Hall–Kier alpha value is -0.0800. The van der Waals surface area contributed by atoms with E-state index in [2.05, 4.69) is 12.2 Å². The molecule has 2 nitrogen and oxygen atoms in total. The van der Waals surface area contributed by atoms with Gasteiger partial charge in [0.05, 0.1) is 5.60 Å². The first kappa shape index (κ1) is 13.4. The minimum atomic E-state index is 0.179. The first-order chi connectivity index (χ1) is 8.35. The molecule has 0 amide bonds. The largest absolute Gasteiger partial charge is 0.374 e. The van der Waals surface area contributed by atoms with Crippen LogP contribution in [0.25, 0.3) is 0 Å². The van der Waals surface area contributed by atoms with Crippen molar-refractivity contribution in [2.45, 2.75) is 70.3 Å². The Bertz CT molecular complexity index is 207. The second kappa shape index (κ2) is 6.75. The highest BCUT2D eigenvalue weighted by molar-refractivity contribution is 4.86. The lowest BCUT2D eigenvalue weighted by Gasteiger charge is -2.38. The molecule has 2 aliphatic carbocycles. The summed E-state index contributed by atoms with van der Waals surface area (Å²) < 4.78 is 6.32. The van der Waals surface area contributed by atoms with Crippen molar-refractivity contribution in [2.24, 2.45) is 5.92 Å². The van der Waals surface area contributed by atoms with Gasteiger partial charge < -0.3 is 10.1 Å². The number of likely N-dealkylation sites (N-methyl/N-ethyl adjacent to an activating group) is 1. The maximum Gasteiger partial charge on any atom is 0.0806 e. The van der Waals surface area contributed by atoms with E-state index in [1.54, 1.807) is 0 Å². The second-order valence-corrected chi connectivity index (χ2v) is 5.96. The van der Waals surface area contributed by atoms with Crippen LogP contribution in [0.3, 0.4) is 0 Å². The van der Waals surface area contributed by atoms with Crippen LogP contribution < -0.4 is 5.32 Å². The third-order valence-electron chi connectivity index (χ3n) is 4.62. The zero-order valence-corrected chi connectivity index (χ0v) is 11.5. The van der Waals surface area contributed by atoms with E-state index in [1.807, 2.05) is 0 Å². The summed E-state index contributed by atoms with van der Waals surface area (Å²) in [7, 11) is 0. The molecule has 0 aliphatic heterocycles. The predicted octanol–water partition coefficient (Wildman–Crippen LogP) is 3.51. The molecule has 0 aromatic carbocycles. The number of rotatable bonds is 7. The molecule has 0 spiro atoms. The molecular weight excluding hydrogens is 210 g/mol. The summed E-state index contributed by atoms with van der Waals surface area (Å²) in [5.74, 6) is 0.981. The molecule has 2 heteroatoms. The maximum atomic E-state index is 6.32. The highest BCUT2D eigenvalue weighted by Gasteiger charge is 2.32. The van der Waals surface area contributed by atoms with Gasteiger partial charge in [0.25, 0.3) is 0 Å². The SMILES string of the molecule is CCNCC1(OCCC2CCC2)CCCCC1. The van der Waals surface area contributed by atoms with Crippen LogP contribution in [0.2, 0.25) is 0 Å². The van der Waals surface area contributed by atoms with Gasteiger partial charge in [-0.25, -0.2) is 0 Å². The van der Waals surface area contributed by atoms with Gasteiger partial charge in [-0.3, -0.25) is 0 Å². The Morgan fingerprint density at radius 2 is 1.88 bits per heavy atom. The second-order valence-electron chi connectivity index (χ2n) is 5.96. The Morgan fingerprint density at radius 3 is 2.47 bits per heavy atom. The average Bonchev–Trinajstić information content (AvgIpc) is 2.31. The standard InChI is InChI=1S/C15H29NO/c1-2-16-13-15(10-4-3-5-11-15)17-12-9-14-7-6-8-14/h14,16H,2-13H2,1H3. The lowest BCUT2D eigenvalue weighted by molar-refractivity contribution is -0.0743. The van der Waals surface area contributed by atoms with Crippen molar-refractivity contribution in [1.29, 1.82) is 0 Å². The summed E-state index contributed by atoms with van der Waals surface area (Å²) in [6.07, 6.45) is 12.3. The van der Waals surface area contributed by atoms with Crippen molar-refractivity contribution < 1.29 is 4.74 Å². The fourth-order valence-electron chi connectivity index (χ4n) is 3.14. The summed E-state index contributed by atoms with van der Waals surface area (Å²) in [6, 6.07) is 0. The smallest absolute Gasteiger partial charge is 0.0806 e. The predicted molar refractivity (Wildman–Crippen MR) is 72.3 cm³/mol. The average molecular weight is 239 g/mol. The van der Waals surface area contributed by atoms with Crippen molar-refractivity contribution in [2.75, 3.05) is 19.7 Å². The molecule has 2 aliphatic rings. The molecule has 0 aromatic rings. The van der Waals surface area contributed by atoms with E-state index in [4.69, 9.17) is 4.74 Å². The van der Waals surface area contributed by atoms with Crippen LogP contribution in [0.5, 0.6) is 0 Å². The Labute approximate surface area is 107 Å². The molecule has 2 rings (SSSR count). The van der Waals surface area contributed by atoms with Crippen molar-refractivity contribution in [3.8, 4) is 0 Å². The van der Waals surface area contributed by atoms with Crippen molar-refractivity contribution in [1.82, 2.24) is 5.32 Å². The highest BCUT2D eigenvalue weighted by Crippen LogP contribution is 2.33. The van der Waals surface area contributed by atoms with Crippen LogP contribution in [0, 0.1) is 5.92 Å². The fourth-order valence-corrected chi connectivity index (χ4v) is 3.14. The van der Waals surface area contributed by atoms with Gasteiger partial charge in [0.2, 0.25) is 0 Å². The molecule has 0 bridgehead atoms. The molecule has 2 saturated carbocycles. The Morgan fingerprint density at radius 1 is 1.12 bits per heavy atom. The number of nitrogens with one attached hydrogen (secondary N) is 1. The normalized spacial score (nSPS) is 24.5.